The molecule has 1 aromatic heterocycles. The van der Waals surface area contributed by atoms with E-state index in [-0.39, 0.29) is 11.5 Å². The Labute approximate surface area is 199 Å². The molecule has 0 aliphatic heterocycles. The van der Waals surface area contributed by atoms with Gasteiger partial charge < -0.3 is 18.8 Å². The monoisotopic (exact) mass is 477 g/mol. The van der Waals surface area contributed by atoms with Gasteiger partial charge in [-0.3, -0.25) is 9.36 Å². The zero-order valence-corrected chi connectivity index (χ0v) is 20.8. The van der Waals surface area contributed by atoms with E-state index in [0.717, 1.165) is 16.7 Å². The van der Waals surface area contributed by atoms with E-state index in [1.807, 2.05) is 68.4 Å². The highest BCUT2D eigenvalue weighted by Gasteiger charge is 2.28. The lowest BCUT2D eigenvalue weighted by Gasteiger charge is -2.22. The minimum absolute atomic E-state index is 0.0547. The molecule has 0 fully saturated rings. The molecular formula is C27H28NO5P. The molecule has 0 radical (unpaired) electrons. The maximum Gasteiger partial charge on any atom is 0.362 e. The van der Waals surface area contributed by atoms with Gasteiger partial charge in [-0.1, -0.05) is 48.5 Å². The number of hydrogen-bond donors (Lipinski definition) is 1. The number of rotatable bonds is 7. The number of benzene rings is 3. The lowest BCUT2D eigenvalue weighted by molar-refractivity contribution is 0.287. The topological polar surface area (TPSA) is 77.8 Å². The molecular weight excluding hydrogens is 449 g/mol. The number of fused-ring (bicyclic) bond motifs is 1. The van der Waals surface area contributed by atoms with E-state index in [4.69, 9.17) is 13.5 Å². The lowest BCUT2D eigenvalue weighted by atomic mass is 9.99. The maximum absolute atomic E-state index is 13.3. The number of para-hydroxylation sites is 1. The van der Waals surface area contributed by atoms with E-state index in [1.165, 1.54) is 14.2 Å². The van der Waals surface area contributed by atoms with Gasteiger partial charge in [0.15, 0.2) is 5.43 Å². The van der Waals surface area contributed by atoms with Crippen LogP contribution < -0.4 is 16.1 Å². The van der Waals surface area contributed by atoms with E-state index in [0.29, 0.717) is 33.3 Å². The van der Waals surface area contributed by atoms with Crippen LogP contribution in [0.15, 0.2) is 75.9 Å². The molecule has 0 spiro atoms. The van der Waals surface area contributed by atoms with Crippen molar-refractivity contribution in [1.29, 1.82) is 0 Å². The molecule has 3 aromatic carbocycles. The standard InChI is InChI=1S/C27H28NO5P/c1-17-15-21(19(3)28-23-13-9-10-14-24(23)34(30,31-4)32-5)27-22(16-17)25(29)18(2)26(33-27)20-11-7-6-8-12-20/h6-16,19,28H,1-5H3/t19-/m1/s1. The molecule has 0 unspecified atom stereocenters. The SMILES string of the molecule is COP(=O)(OC)c1ccccc1N[C@H](C)c1cc(C)cc2c(=O)c(C)c(-c3ccccc3)oc12. The van der Waals surface area contributed by atoms with E-state index < -0.39 is 7.60 Å². The molecule has 4 aromatic rings. The van der Waals surface area contributed by atoms with Gasteiger partial charge in [-0.05, 0) is 44.5 Å². The summed E-state index contributed by atoms with van der Waals surface area (Å²) in [6.45, 7) is 5.71. The van der Waals surface area contributed by atoms with Crippen LogP contribution in [0.4, 0.5) is 5.69 Å². The first-order valence-electron chi connectivity index (χ1n) is 11.0. The van der Waals surface area contributed by atoms with Crippen LogP contribution >= 0.6 is 7.60 Å². The molecule has 34 heavy (non-hydrogen) atoms. The van der Waals surface area contributed by atoms with Crippen molar-refractivity contribution in [3.05, 3.63) is 93.6 Å². The number of aryl methyl sites for hydroxylation is 1. The second-order valence-corrected chi connectivity index (χ2v) is 10.4. The predicted molar refractivity (Wildman–Crippen MR) is 137 cm³/mol. The molecule has 0 saturated heterocycles. The second-order valence-electron chi connectivity index (χ2n) is 8.23. The second kappa shape index (κ2) is 9.59. The predicted octanol–water partition coefficient (Wildman–Crippen LogP) is 6.36. The molecule has 0 amide bonds. The van der Waals surface area contributed by atoms with E-state index in [9.17, 15) is 9.36 Å². The van der Waals surface area contributed by atoms with E-state index in [2.05, 4.69) is 5.32 Å². The van der Waals surface area contributed by atoms with Crippen LogP contribution in [0.25, 0.3) is 22.3 Å². The summed E-state index contributed by atoms with van der Waals surface area (Å²) < 4.78 is 29.9. The van der Waals surface area contributed by atoms with Crippen molar-refractivity contribution in [3.63, 3.8) is 0 Å². The fourth-order valence-corrected chi connectivity index (χ4v) is 5.42. The van der Waals surface area contributed by atoms with Crippen molar-refractivity contribution in [3.8, 4) is 11.3 Å². The van der Waals surface area contributed by atoms with Crippen molar-refractivity contribution in [2.45, 2.75) is 26.8 Å². The average molecular weight is 477 g/mol. The Hall–Kier alpha value is -3.18. The Morgan fingerprint density at radius 2 is 1.59 bits per heavy atom. The highest BCUT2D eigenvalue weighted by atomic mass is 31.2. The minimum Gasteiger partial charge on any atom is -0.455 e. The van der Waals surface area contributed by atoms with Crippen LogP contribution in [0.5, 0.6) is 0 Å². The fourth-order valence-electron chi connectivity index (χ4n) is 4.17. The molecule has 0 aliphatic rings. The average Bonchev–Trinajstić information content (AvgIpc) is 2.86. The molecule has 176 valence electrons. The van der Waals surface area contributed by atoms with Crippen molar-refractivity contribution in [1.82, 2.24) is 0 Å². The number of hydrogen-bond acceptors (Lipinski definition) is 6. The van der Waals surface area contributed by atoms with Gasteiger partial charge in [0.05, 0.1) is 22.4 Å². The Bertz CT molecular complexity index is 1440. The van der Waals surface area contributed by atoms with Gasteiger partial charge >= 0.3 is 7.60 Å². The molecule has 1 atom stereocenters. The third-order valence-electron chi connectivity index (χ3n) is 5.95. The van der Waals surface area contributed by atoms with Gasteiger partial charge in [-0.25, -0.2) is 0 Å². The molecule has 1 heterocycles. The van der Waals surface area contributed by atoms with Crippen molar-refractivity contribution in [2.75, 3.05) is 19.5 Å². The van der Waals surface area contributed by atoms with Gasteiger partial charge in [0, 0.05) is 30.9 Å². The Morgan fingerprint density at radius 1 is 0.941 bits per heavy atom. The smallest absolute Gasteiger partial charge is 0.362 e. The molecule has 7 heteroatoms. The van der Waals surface area contributed by atoms with Crippen molar-refractivity contribution < 1.29 is 18.0 Å². The normalized spacial score (nSPS) is 12.6. The molecule has 0 bridgehead atoms. The van der Waals surface area contributed by atoms with Gasteiger partial charge in [0.1, 0.15) is 11.3 Å². The molecule has 0 saturated carbocycles. The van der Waals surface area contributed by atoms with Crippen molar-refractivity contribution >= 4 is 29.6 Å². The summed E-state index contributed by atoms with van der Waals surface area (Å²) in [5, 5.41) is 4.39. The van der Waals surface area contributed by atoms with Crippen LogP contribution in [0.2, 0.25) is 0 Å². The van der Waals surface area contributed by atoms with Crippen molar-refractivity contribution in [2.24, 2.45) is 0 Å². The van der Waals surface area contributed by atoms with E-state index >= 15 is 0 Å². The summed E-state index contributed by atoms with van der Waals surface area (Å²) in [6.07, 6.45) is 0. The highest BCUT2D eigenvalue weighted by Crippen LogP contribution is 2.47. The largest absolute Gasteiger partial charge is 0.455 e. The summed E-state index contributed by atoms with van der Waals surface area (Å²) in [5.41, 5.74) is 4.28. The summed E-state index contributed by atoms with van der Waals surface area (Å²) in [4.78, 5) is 13.3. The Kier molecular flexibility index (Phi) is 6.76. The molecule has 1 N–H and O–H groups in total. The fraction of sp³-hybridized carbons (Fsp3) is 0.222. The van der Waals surface area contributed by atoms with Crippen LogP contribution in [0.1, 0.15) is 29.7 Å². The first-order valence-corrected chi connectivity index (χ1v) is 12.5. The maximum atomic E-state index is 13.3. The zero-order valence-electron chi connectivity index (χ0n) is 19.9. The van der Waals surface area contributed by atoms with Gasteiger partial charge in [-0.2, -0.15) is 0 Å². The van der Waals surface area contributed by atoms with Crippen LogP contribution in [0, 0.1) is 13.8 Å². The Morgan fingerprint density at radius 3 is 2.26 bits per heavy atom. The summed E-state index contributed by atoms with van der Waals surface area (Å²) >= 11 is 0. The molecule has 0 aliphatic carbocycles. The first-order chi connectivity index (χ1) is 16.3. The summed E-state index contributed by atoms with van der Waals surface area (Å²) in [5.74, 6) is 0.555. The summed E-state index contributed by atoms with van der Waals surface area (Å²) in [6, 6.07) is 20.4. The van der Waals surface area contributed by atoms with Crippen LogP contribution in [0.3, 0.4) is 0 Å². The summed E-state index contributed by atoms with van der Waals surface area (Å²) in [7, 11) is -0.751. The Balaban J connectivity index is 1.87. The molecule has 4 rings (SSSR count). The number of anilines is 1. The lowest BCUT2D eigenvalue weighted by Crippen LogP contribution is -2.18. The van der Waals surface area contributed by atoms with Gasteiger partial charge in [0.2, 0.25) is 0 Å². The van der Waals surface area contributed by atoms with Gasteiger partial charge in [-0.15, -0.1) is 0 Å². The highest BCUT2D eigenvalue weighted by molar-refractivity contribution is 7.62. The van der Waals surface area contributed by atoms with Crippen LogP contribution in [-0.2, 0) is 13.6 Å². The quantitative estimate of drug-likeness (QED) is 0.312. The van der Waals surface area contributed by atoms with Crippen LogP contribution in [-0.4, -0.2) is 14.2 Å². The first kappa shape index (κ1) is 24.0. The minimum atomic E-state index is -3.47. The third kappa shape index (κ3) is 4.32. The zero-order chi connectivity index (χ0) is 24.5. The van der Waals surface area contributed by atoms with Gasteiger partial charge in [0.25, 0.3) is 0 Å². The number of nitrogens with one attached hydrogen (secondary N) is 1. The molecule has 6 nitrogen and oxygen atoms in total. The third-order valence-corrected chi connectivity index (χ3v) is 7.89. The van der Waals surface area contributed by atoms with E-state index in [1.54, 1.807) is 19.1 Å².